The molecule has 0 fully saturated rings. The van der Waals surface area contributed by atoms with Gasteiger partial charge in [-0.2, -0.15) is 0 Å². The van der Waals surface area contributed by atoms with Crippen molar-refractivity contribution in [2.75, 3.05) is 32.1 Å². The van der Waals surface area contributed by atoms with Gasteiger partial charge in [0.25, 0.3) is 0 Å². The van der Waals surface area contributed by atoms with E-state index >= 15 is 0 Å². The Labute approximate surface area is 271 Å². The lowest BCUT2D eigenvalue weighted by atomic mass is 9.75. The van der Waals surface area contributed by atoms with Crippen molar-refractivity contribution in [1.29, 1.82) is 0 Å². The lowest BCUT2D eigenvalue weighted by molar-refractivity contribution is -0.463. The molecule has 4 heteroatoms. The van der Waals surface area contributed by atoms with Gasteiger partial charge < -0.3 is 10.0 Å². The van der Waals surface area contributed by atoms with Gasteiger partial charge in [0, 0.05) is 41.4 Å². The van der Waals surface area contributed by atoms with Crippen molar-refractivity contribution < 1.29 is 14.5 Å². The Morgan fingerprint density at radius 3 is 1.78 bits per heavy atom. The molecule has 0 bridgehead atoms. The minimum Gasteiger partial charge on any atom is -0.871 e. The van der Waals surface area contributed by atoms with Crippen molar-refractivity contribution in [1.82, 2.24) is 0 Å². The first-order valence-electron chi connectivity index (χ1n) is 16.6. The summed E-state index contributed by atoms with van der Waals surface area (Å²) in [6.45, 7) is 6.42. The fourth-order valence-electron chi connectivity index (χ4n) is 7.07. The maximum atomic E-state index is 14.2. The Balaban J connectivity index is 1.43. The second-order valence-corrected chi connectivity index (χ2v) is 12.8. The van der Waals surface area contributed by atoms with Gasteiger partial charge in [-0.15, -0.1) is 0 Å². The molecule has 0 saturated heterocycles. The number of ketones is 1. The van der Waals surface area contributed by atoms with Crippen LogP contribution in [0.5, 0.6) is 0 Å². The number of fused-ring (bicyclic) bond motifs is 4. The number of unbranched alkanes of at least 4 members (excludes halogenated alkanes) is 2. The monoisotopic (exact) mass is 604 g/mol. The lowest BCUT2D eigenvalue weighted by Gasteiger charge is -2.34. The molecule has 0 aliphatic heterocycles. The minimum atomic E-state index is -0.173. The van der Waals surface area contributed by atoms with Crippen LogP contribution < -0.4 is 10.0 Å². The summed E-state index contributed by atoms with van der Waals surface area (Å²) < 4.78 is 2.08. The highest BCUT2D eigenvalue weighted by atomic mass is 16.3. The number of Topliss-reactive ketones (excluding diaryl/α,β-unsaturated/α-hetero) is 1. The molecule has 46 heavy (non-hydrogen) atoms. The zero-order chi connectivity index (χ0) is 31.9. The highest BCUT2D eigenvalue weighted by Crippen LogP contribution is 2.45. The van der Waals surface area contributed by atoms with Crippen molar-refractivity contribution in [2.45, 2.75) is 39.5 Å². The molecular formula is C42H40N2O2. The molecule has 4 nitrogen and oxygen atoms in total. The highest BCUT2D eigenvalue weighted by Gasteiger charge is 2.34. The SMILES string of the molecule is CCCCN(CCCC)c1ccc(C2=C([O-])C(=C3C=CC(=[N+](C)C)c4cc5ccccc5cc43)C2=O)c2cc3ccccc3cc12. The van der Waals surface area contributed by atoms with Crippen LogP contribution in [-0.2, 0) is 4.79 Å². The van der Waals surface area contributed by atoms with Crippen molar-refractivity contribution in [3.63, 3.8) is 0 Å². The highest BCUT2D eigenvalue weighted by molar-refractivity contribution is 6.43. The summed E-state index contributed by atoms with van der Waals surface area (Å²) >= 11 is 0. The molecule has 0 unspecified atom stereocenters. The first kappa shape index (κ1) is 29.7. The zero-order valence-corrected chi connectivity index (χ0v) is 27.2. The predicted molar refractivity (Wildman–Crippen MR) is 192 cm³/mol. The van der Waals surface area contributed by atoms with Gasteiger partial charge in [-0.05, 0) is 92.9 Å². The van der Waals surface area contributed by atoms with E-state index in [1.54, 1.807) is 0 Å². The maximum Gasteiger partial charge on any atom is 0.207 e. The third kappa shape index (κ3) is 4.93. The molecular weight excluding hydrogens is 564 g/mol. The van der Waals surface area contributed by atoms with Gasteiger partial charge in [0.1, 0.15) is 14.1 Å². The summed E-state index contributed by atoms with van der Waals surface area (Å²) in [7, 11) is 4.04. The fourth-order valence-corrected chi connectivity index (χ4v) is 7.07. The van der Waals surface area contributed by atoms with Crippen LogP contribution in [0, 0.1) is 0 Å². The summed E-state index contributed by atoms with van der Waals surface area (Å²) in [5, 5.41) is 20.7. The van der Waals surface area contributed by atoms with Gasteiger partial charge in [0.15, 0.2) is 5.78 Å². The first-order chi connectivity index (χ1) is 22.4. The fraction of sp³-hybridized carbons (Fsp3) is 0.238. The third-order valence-electron chi connectivity index (χ3n) is 9.55. The molecule has 5 aromatic carbocycles. The largest absolute Gasteiger partial charge is 0.871 e. The van der Waals surface area contributed by atoms with E-state index in [2.05, 4.69) is 84.0 Å². The molecule has 0 N–H and O–H groups in total. The number of hydrogen-bond donors (Lipinski definition) is 0. The number of allylic oxidation sites excluding steroid dienone is 5. The first-order valence-corrected chi connectivity index (χ1v) is 16.6. The summed E-state index contributed by atoms with van der Waals surface area (Å²) in [5.74, 6) is -0.346. The molecule has 0 spiro atoms. The number of carbonyl (C=O) groups excluding carboxylic acids is 1. The zero-order valence-electron chi connectivity index (χ0n) is 27.2. The number of hydrogen-bond acceptors (Lipinski definition) is 3. The molecule has 0 heterocycles. The van der Waals surface area contributed by atoms with Crippen LogP contribution >= 0.6 is 0 Å². The maximum absolute atomic E-state index is 14.2. The van der Waals surface area contributed by atoms with E-state index in [1.807, 2.05) is 50.5 Å². The molecule has 0 atom stereocenters. The summed E-state index contributed by atoms with van der Waals surface area (Å²) in [4.78, 5) is 16.7. The van der Waals surface area contributed by atoms with E-state index in [-0.39, 0.29) is 17.1 Å². The van der Waals surface area contributed by atoms with Crippen molar-refractivity contribution in [2.24, 2.45) is 0 Å². The van der Waals surface area contributed by atoms with E-state index < -0.39 is 0 Å². The van der Waals surface area contributed by atoms with Crippen LogP contribution in [0.3, 0.4) is 0 Å². The van der Waals surface area contributed by atoms with Gasteiger partial charge in [0.05, 0.1) is 5.56 Å². The van der Waals surface area contributed by atoms with Crippen molar-refractivity contribution >= 4 is 60.6 Å². The molecule has 0 saturated carbocycles. The van der Waals surface area contributed by atoms with Crippen LogP contribution in [0.4, 0.5) is 5.69 Å². The molecule has 7 rings (SSSR count). The van der Waals surface area contributed by atoms with Crippen LogP contribution in [0.2, 0.25) is 0 Å². The van der Waals surface area contributed by atoms with E-state index in [0.717, 1.165) is 93.5 Å². The molecule has 5 aromatic rings. The van der Waals surface area contributed by atoms with Crippen molar-refractivity contribution in [3.8, 4) is 0 Å². The second-order valence-electron chi connectivity index (χ2n) is 12.8. The number of benzene rings is 5. The van der Waals surface area contributed by atoms with Gasteiger partial charge in [-0.1, -0.05) is 87.0 Å². The number of carbonyl (C=O) groups is 1. The van der Waals surface area contributed by atoms with Gasteiger partial charge in [0.2, 0.25) is 5.71 Å². The number of rotatable bonds is 8. The van der Waals surface area contributed by atoms with E-state index in [9.17, 15) is 9.90 Å². The van der Waals surface area contributed by atoms with E-state index in [1.165, 1.54) is 5.69 Å². The Morgan fingerprint density at radius 2 is 1.22 bits per heavy atom. The number of nitrogens with zero attached hydrogens (tertiary/aromatic N) is 2. The quantitative estimate of drug-likeness (QED) is 0.102. The summed E-state index contributed by atoms with van der Waals surface area (Å²) in [5.41, 5.74) is 6.20. The van der Waals surface area contributed by atoms with Crippen LogP contribution in [0.15, 0.2) is 108 Å². The average Bonchev–Trinajstić information content (AvgIpc) is 3.07. The second kappa shape index (κ2) is 12.1. The van der Waals surface area contributed by atoms with Gasteiger partial charge in [-0.3, -0.25) is 4.79 Å². The topological polar surface area (TPSA) is 46.4 Å². The Morgan fingerprint density at radius 1 is 0.652 bits per heavy atom. The summed E-state index contributed by atoms with van der Waals surface area (Å²) in [6.07, 6.45) is 8.45. The van der Waals surface area contributed by atoms with Gasteiger partial charge >= 0.3 is 0 Å². The van der Waals surface area contributed by atoms with Crippen molar-refractivity contribution in [3.05, 3.63) is 125 Å². The predicted octanol–water partition coefficient (Wildman–Crippen LogP) is 8.29. The summed E-state index contributed by atoms with van der Waals surface area (Å²) in [6, 6.07) is 29.4. The Hall–Kier alpha value is -4.96. The molecule has 2 aliphatic carbocycles. The standard InChI is InChI=1S/C42H40N2O2/c1-5-7-21-44(22-8-6-2)38-20-18-32(34-24-28-14-10-12-16-30(28)26-36(34)38)40-41(45)39(42(40)46)31-17-19-37(43(3)4)35-25-29-15-11-9-13-27(29)23-33(31)35/h9-20,23-26H,5-8,21-22H2,1-4H3. The van der Waals surface area contributed by atoms with Crippen LogP contribution in [0.1, 0.15) is 56.2 Å². The smallest absolute Gasteiger partial charge is 0.207 e. The normalized spacial score (nSPS) is 16.0. The molecule has 2 aliphatic rings. The van der Waals surface area contributed by atoms with Gasteiger partial charge in [-0.25, -0.2) is 4.58 Å². The Kier molecular flexibility index (Phi) is 7.82. The minimum absolute atomic E-state index is 0.173. The number of anilines is 1. The van der Waals surface area contributed by atoms with E-state index in [4.69, 9.17) is 0 Å². The average molecular weight is 605 g/mol. The molecule has 0 radical (unpaired) electrons. The molecule has 0 aromatic heterocycles. The van der Waals surface area contributed by atoms with Crippen LogP contribution in [0.25, 0.3) is 43.5 Å². The molecule has 0 amide bonds. The molecule has 230 valence electrons. The third-order valence-corrected chi connectivity index (χ3v) is 9.55. The lowest BCUT2D eigenvalue weighted by Crippen LogP contribution is -2.31. The van der Waals surface area contributed by atoms with Crippen LogP contribution in [-0.4, -0.2) is 43.3 Å². The van der Waals surface area contributed by atoms with E-state index in [0.29, 0.717) is 11.1 Å². The Bertz CT molecular complexity index is 2170.